The summed E-state index contributed by atoms with van der Waals surface area (Å²) >= 11 is 0. The van der Waals surface area contributed by atoms with Crippen molar-refractivity contribution >= 4 is 5.78 Å². The van der Waals surface area contributed by atoms with Gasteiger partial charge in [0.15, 0.2) is 5.78 Å². The van der Waals surface area contributed by atoms with Crippen molar-refractivity contribution in [2.24, 2.45) is 0 Å². The summed E-state index contributed by atoms with van der Waals surface area (Å²) in [6, 6.07) is 15.4. The third-order valence-electron chi connectivity index (χ3n) is 3.03. The Balaban J connectivity index is 2.32. The summed E-state index contributed by atoms with van der Waals surface area (Å²) in [6.07, 6.45) is 0.664. The Bertz CT molecular complexity index is 534. The minimum atomic E-state index is -0.299. The van der Waals surface area contributed by atoms with Gasteiger partial charge in [0.2, 0.25) is 0 Å². The third kappa shape index (κ3) is 2.65. The molecule has 0 bridgehead atoms. The number of carbonyl (C=O) groups is 1. The van der Waals surface area contributed by atoms with Gasteiger partial charge >= 0.3 is 0 Å². The summed E-state index contributed by atoms with van der Waals surface area (Å²) < 4.78 is 13.2. The third-order valence-corrected chi connectivity index (χ3v) is 3.03. The second kappa shape index (κ2) is 5.58. The number of carbonyl (C=O) groups excluding carboxylic acids is 1. The van der Waals surface area contributed by atoms with E-state index < -0.39 is 0 Å². The molecule has 1 nitrogen and oxygen atoms in total. The zero-order valence-electron chi connectivity index (χ0n) is 10.3. The number of Topliss-reactive ketones (excluding diaryl/α,β-unsaturated/α-hetero) is 1. The molecule has 0 fully saturated rings. The van der Waals surface area contributed by atoms with Crippen molar-refractivity contribution < 1.29 is 9.18 Å². The molecule has 0 radical (unpaired) electrons. The Kier molecular flexibility index (Phi) is 3.88. The highest BCUT2D eigenvalue weighted by Gasteiger charge is 2.20. The largest absolute Gasteiger partial charge is 0.293 e. The van der Waals surface area contributed by atoms with E-state index in [2.05, 4.69) is 0 Å². The minimum absolute atomic E-state index is 0.0451. The van der Waals surface area contributed by atoms with Gasteiger partial charge in [-0.3, -0.25) is 4.79 Å². The van der Waals surface area contributed by atoms with Gasteiger partial charge in [0.1, 0.15) is 5.82 Å². The first-order chi connectivity index (χ1) is 8.72. The van der Waals surface area contributed by atoms with Crippen LogP contribution >= 0.6 is 0 Å². The van der Waals surface area contributed by atoms with Crippen LogP contribution in [0.4, 0.5) is 4.39 Å². The molecule has 0 aliphatic rings. The molecule has 92 valence electrons. The van der Waals surface area contributed by atoms with Crippen LogP contribution in [0.25, 0.3) is 0 Å². The lowest BCUT2D eigenvalue weighted by molar-refractivity contribution is 0.0957. The second-order valence-electron chi connectivity index (χ2n) is 4.25. The normalized spacial score (nSPS) is 12.1. The molecular formula is C16H15FO. The van der Waals surface area contributed by atoms with Gasteiger partial charge in [-0.1, -0.05) is 49.4 Å². The van der Waals surface area contributed by atoms with Gasteiger partial charge in [-0.15, -0.1) is 0 Å². The Morgan fingerprint density at radius 2 is 1.83 bits per heavy atom. The van der Waals surface area contributed by atoms with E-state index in [-0.39, 0.29) is 17.5 Å². The molecule has 2 rings (SSSR count). The highest BCUT2D eigenvalue weighted by molar-refractivity contribution is 6.00. The molecule has 0 saturated heterocycles. The molecule has 0 amide bonds. The molecule has 0 aliphatic carbocycles. The van der Waals surface area contributed by atoms with Gasteiger partial charge < -0.3 is 0 Å². The average molecular weight is 242 g/mol. The Morgan fingerprint density at radius 1 is 1.11 bits per heavy atom. The highest BCUT2D eigenvalue weighted by Crippen LogP contribution is 2.24. The Labute approximate surface area is 106 Å². The number of halogens is 1. The first-order valence-corrected chi connectivity index (χ1v) is 6.07. The summed E-state index contributed by atoms with van der Waals surface area (Å²) in [5.74, 6) is -0.529. The SMILES string of the molecule is CCC(C(=O)c1ccccc1)c1cccc(F)c1. The lowest BCUT2D eigenvalue weighted by Gasteiger charge is -2.14. The molecule has 2 aromatic rings. The van der Waals surface area contributed by atoms with Crippen LogP contribution in [0.2, 0.25) is 0 Å². The fourth-order valence-corrected chi connectivity index (χ4v) is 2.10. The Morgan fingerprint density at radius 3 is 2.44 bits per heavy atom. The summed E-state index contributed by atoms with van der Waals surface area (Å²) in [6.45, 7) is 1.94. The maximum absolute atomic E-state index is 13.2. The van der Waals surface area contributed by atoms with Gasteiger partial charge in [-0.2, -0.15) is 0 Å². The van der Waals surface area contributed by atoms with E-state index in [0.29, 0.717) is 12.0 Å². The molecule has 1 atom stereocenters. The van der Waals surface area contributed by atoms with Crippen LogP contribution < -0.4 is 0 Å². The highest BCUT2D eigenvalue weighted by atomic mass is 19.1. The zero-order valence-corrected chi connectivity index (χ0v) is 10.3. The van der Waals surface area contributed by atoms with Crippen LogP contribution in [0.15, 0.2) is 54.6 Å². The topological polar surface area (TPSA) is 17.1 Å². The molecule has 2 aromatic carbocycles. The zero-order chi connectivity index (χ0) is 13.0. The van der Waals surface area contributed by atoms with Crippen molar-refractivity contribution in [2.45, 2.75) is 19.3 Å². The van der Waals surface area contributed by atoms with Crippen molar-refractivity contribution in [1.29, 1.82) is 0 Å². The number of benzene rings is 2. The lowest BCUT2D eigenvalue weighted by atomic mass is 9.88. The predicted molar refractivity (Wildman–Crippen MR) is 70.2 cm³/mol. The fraction of sp³-hybridized carbons (Fsp3) is 0.188. The van der Waals surface area contributed by atoms with Crippen molar-refractivity contribution in [3.8, 4) is 0 Å². The van der Waals surface area contributed by atoms with E-state index >= 15 is 0 Å². The molecular weight excluding hydrogens is 227 g/mol. The quantitative estimate of drug-likeness (QED) is 0.734. The van der Waals surface area contributed by atoms with Crippen LogP contribution in [-0.2, 0) is 0 Å². The predicted octanol–water partition coefficient (Wildman–Crippen LogP) is 4.20. The van der Waals surface area contributed by atoms with E-state index in [4.69, 9.17) is 0 Å². The van der Waals surface area contributed by atoms with Gasteiger partial charge in [-0.05, 0) is 24.1 Å². The van der Waals surface area contributed by atoms with Gasteiger partial charge in [0, 0.05) is 11.5 Å². The summed E-state index contributed by atoms with van der Waals surface area (Å²) in [4.78, 5) is 12.4. The van der Waals surface area contributed by atoms with Crippen LogP contribution in [0.3, 0.4) is 0 Å². The van der Waals surface area contributed by atoms with Crippen LogP contribution in [0, 0.1) is 5.82 Å². The summed E-state index contributed by atoms with van der Waals surface area (Å²) in [5, 5.41) is 0. The number of rotatable bonds is 4. The summed E-state index contributed by atoms with van der Waals surface area (Å²) in [5.41, 5.74) is 1.42. The first-order valence-electron chi connectivity index (χ1n) is 6.07. The van der Waals surface area contributed by atoms with Crippen molar-refractivity contribution in [2.75, 3.05) is 0 Å². The molecule has 0 aliphatic heterocycles. The van der Waals surface area contributed by atoms with Gasteiger partial charge in [0.25, 0.3) is 0 Å². The van der Waals surface area contributed by atoms with E-state index in [1.165, 1.54) is 12.1 Å². The number of hydrogen-bond donors (Lipinski definition) is 0. The van der Waals surface area contributed by atoms with E-state index in [1.807, 2.05) is 25.1 Å². The minimum Gasteiger partial charge on any atom is -0.293 e. The van der Waals surface area contributed by atoms with Crippen molar-refractivity contribution in [3.05, 3.63) is 71.5 Å². The Hall–Kier alpha value is -1.96. The molecule has 1 unspecified atom stereocenters. The van der Waals surface area contributed by atoms with Crippen molar-refractivity contribution in [3.63, 3.8) is 0 Å². The maximum Gasteiger partial charge on any atom is 0.170 e. The lowest BCUT2D eigenvalue weighted by Crippen LogP contribution is -2.12. The molecule has 2 heteroatoms. The molecule has 0 N–H and O–H groups in total. The summed E-state index contributed by atoms with van der Waals surface area (Å²) in [7, 11) is 0. The van der Waals surface area contributed by atoms with Crippen molar-refractivity contribution in [1.82, 2.24) is 0 Å². The second-order valence-corrected chi connectivity index (χ2v) is 4.25. The fourth-order valence-electron chi connectivity index (χ4n) is 2.10. The van der Waals surface area contributed by atoms with E-state index in [1.54, 1.807) is 24.3 Å². The van der Waals surface area contributed by atoms with E-state index in [9.17, 15) is 9.18 Å². The molecule has 0 spiro atoms. The van der Waals surface area contributed by atoms with Gasteiger partial charge in [-0.25, -0.2) is 4.39 Å². The molecule has 0 aromatic heterocycles. The number of ketones is 1. The van der Waals surface area contributed by atoms with Gasteiger partial charge in [0.05, 0.1) is 0 Å². The molecule has 18 heavy (non-hydrogen) atoms. The van der Waals surface area contributed by atoms with Crippen LogP contribution in [0.5, 0.6) is 0 Å². The molecule has 0 heterocycles. The first kappa shape index (κ1) is 12.5. The monoisotopic (exact) mass is 242 g/mol. The van der Waals surface area contributed by atoms with Crippen LogP contribution in [0.1, 0.15) is 35.2 Å². The maximum atomic E-state index is 13.2. The molecule has 0 saturated carbocycles. The standard InChI is InChI=1S/C16H15FO/c1-2-15(13-9-6-10-14(17)11-13)16(18)12-7-4-3-5-8-12/h3-11,15H,2H2,1H3. The smallest absolute Gasteiger partial charge is 0.170 e. The number of hydrogen-bond acceptors (Lipinski definition) is 1. The van der Waals surface area contributed by atoms with E-state index in [0.717, 1.165) is 5.56 Å². The average Bonchev–Trinajstić information content (AvgIpc) is 2.40. The van der Waals surface area contributed by atoms with Crippen LogP contribution in [-0.4, -0.2) is 5.78 Å².